The van der Waals surface area contributed by atoms with Gasteiger partial charge >= 0.3 is 0 Å². The highest BCUT2D eigenvalue weighted by atomic mass is 16.5. The van der Waals surface area contributed by atoms with Gasteiger partial charge in [-0.15, -0.1) is 0 Å². The first kappa shape index (κ1) is 18.2. The molecule has 4 heteroatoms. The first-order valence-electron chi connectivity index (χ1n) is 8.80. The Morgan fingerprint density at radius 3 is 1.68 bits per heavy atom. The second-order valence-electron chi connectivity index (χ2n) is 9.20. The van der Waals surface area contributed by atoms with Gasteiger partial charge < -0.3 is 14.4 Å². The van der Waals surface area contributed by atoms with Gasteiger partial charge in [0, 0.05) is 51.3 Å². The molecule has 0 aromatic carbocycles. The Hall–Kier alpha value is -0.160. The normalized spacial score (nSPS) is 22.6. The fourth-order valence-corrected chi connectivity index (χ4v) is 3.47. The number of rotatable bonds is 7. The van der Waals surface area contributed by atoms with E-state index in [1.807, 2.05) is 0 Å². The molecule has 2 aliphatic rings. The van der Waals surface area contributed by atoms with Crippen molar-refractivity contribution in [1.82, 2.24) is 9.80 Å². The lowest BCUT2D eigenvalue weighted by Gasteiger charge is -2.60. The maximum Gasteiger partial charge on any atom is 0.0600 e. The Morgan fingerprint density at radius 1 is 0.727 bits per heavy atom. The van der Waals surface area contributed by atoms with Gasteiger partial charge in [-0.25, -0.2) is 0 Å². The van der Waals surface area contributed by atoms with E-state index in [0.717, 1.165) is 26.2 Å². The lowest BCUT2D eigenvalue weighted by atomic mass is 9.73. The minimum Gasteiger partial charge on any atom is -0.376 e. The van der Waals surface area contributed by atoms with Crippen molar-refractivity contribution in [2.75, 3.05) is 52.5 Å². The zero-order valence-corrected chi connectivity index (χ0v) is 15.6. The van der Waals surface area contributed by atoms with Gasteiger partial charge in [-0.2, -0.15) is 0 Å². The highest BCUT2D eigenvalue weighted by molar-refractivity contribution is 5.05. The summed E-state index contributed by atoms with van der Waals surface area (Å²) in [6.45, 7) is 21.8. The van der Waals surface area contributed by atoms with Gasteiger partial charge in [0.15, 0.2) is 0 Å². The lowest BCUT2D eigenvalue weighted by molar-refractivity contribution is -0.127. The van der Waals surface area contributed by atoms with Gasteiger partial charge in [0.25, 0.3) is 0 Å². The first-order chi connectivity index (χ1) is 10.1. The van der Waals surface area contributed by atoms with E-state index in [1.165, 1.54) is 32.7 Å². The smallest absolute Gasteiger partial charge is 0.0600 e. The minimum atomic E-state index is -0.00898. The topological polar surface area (TPSA) is 24.9 Å². The van der Waals surface area contributed by atoms with Crippen molar-refractivity contribution in [3.63, 3.8) is 0 Å². The Labute approximate surface area is 137 Å². The van der Waals surface area contributed by atoms with Gasteiger partial charge in [0.1, 0.15) is 0 Å². The van der Waals surface area contributed by atoms with Gasteiger partial charge in [0.05, 0.1) is 17.8 Å². The summed E-state index contributed by atoms with van der Waals surface area (Å²) < 4.78 is 11.6. The molecule has 0 unspecified atom stereocenters. The van der Waals surface area contributed by atoms with Crippen LogP contribution in [0, 0.1) is 5.41 Å². The van der Waals surface area contributed by atoms with Crippen molar-refractivity contribution in [2.24, 2.45) is 5.41 Å². The number of hydrogen-bond donors (Lipinski definition) is 0. The zero-order valence-electron chi connectivity index (χ0n) is 15.6. The average molecular weight is 312 g/mol. The number of ether oxygens (including phenoxy) is 2. The summed E-state index contributed by atoms with van der Waals surface area (Å²) in [5, 5.41) is 0. The Kier molecular flexibility index (Phi) is 5.59. The molecular weight excluding hydrogens is 276 g/mol. The highest BCUT2D eigenvalue weighted by Gasteiger charge is 2.50. The van der Waals surface area contributed by atoms with Crippen LogP contribution in [-0.4, -0.2) is 73.5 Å². The fourth-order valence-electron chi connectivity index (χ4n) is 3.47. The van der Waals surface area contributed by atoms with Crippen molar-refractivity contribution in [2.45, 2.75) is 59.2 Å². The van der Waals surface area contributed by atoms with E-state index in [2.05, 4.69) is 51.3 Å². The van der Waals surface area contributed by atoms with E-state index in [4.69, 9.17) is 9.47 Å². The summed E-state index contributed by atoms with van der Waals surface area (Å²) in [5.41, 5.74) is 0.595. The van der Waals surface area contributed by atoms with Crippen LogP contribution in [0.15, 0.2) is 0 Å². The van der Waals surface area contributed by atoms with E-state index in [9.17, 15) is 0 Å². The summed E-state index contributed by atoms with van der Waals surface area (Å²) in [6.07, 6.45) is 1.15. The SMILES string of the molecule is CC(C)(C)OCCCN1CC2(C1)CN(CCOC(C)(C)C)C2. The molecule has 2 heterocycles. The molecule has 2 aliphatic heterocycles. The Bertz CT molecular complexity index is 343. The number of hydrogen-bond acceptors (Lipinski definition) is 4. The zero-order chi connectivity index (χ0) is 16.4. The predicted molar refractivity (Wildman–Crippen MR) is 91.3 cm³/mol. The van der Waals surface area contributed by atoms with E-state index in [1.54, 1.807) is 0 Å². The van der Waals surface area contributed by atoms with Crippen LogP contribution in [0.4, 0.5) is 0 Å². The van der Waals surface area contributed by atoms with Crippen LogP contribution >= 0.6 is 0 Å². The largest absolute Gasteiger partial charge is 0.376 e. The molecule has 0 bridgehead atoms. The third-order valence-electron chi connectivity index (χ3n) is 4.33. The number of likely N-dealkylation sites (tertiary alicyclic amines) is 2. The standard InChI is InChI=1S/C18H36N2O2/c1-16(2,3)21-10-7-8-19-12-18(13-19)14-20(15-18)9-11-22-17(4,5)6/h7-15H2,1-6H3. The summed E-state index contributed by atoms with van der Waals surface area (Å²) in [4.78, 5) is 5.11. The van der Waals surface area contributed by atoms with Crippen molar-refractivity contribution in [3.8, 4) is 0 Å². The van der Waals surface area contributed by atoms with Gasteiger partial charge in [0.2, 0.25) is 0 Å². The minimum absolute atomic E-state index is 0.000229. The van der Waals surface area contributed by atoms with Crippen molar-refractivity contribution < 1.29 is 9.47 Å². The summed E-state index contributed by atoms with van der Waals surface area (Å²) in [6, 6.07) is 0. The molecule has 2 fully saturated rings. The lowest BCUT2D eigenvalue weighted by Crippen LogP contribution is -2.72. The van der Waals surface area contributed by atoms with Gasteiger partial charge in [-0.3, -0.25) is 4.90 Å². The second-order valence-corrected chi connectivity index (χ2v) is 9.20. The molecule has 0 aliphatic carbocycles. The maximum absolute atomic E-state index is 5.80. The molecule has 0 N–H and O–H groups in total. The Balaban J connectivity index is 1.48. The Morgan fingerprint density at radius 2 is 1.18 bits per heavy atom. The van der Waals surface area contributed by atoms with Gasteiger partial charge in [-0.05, 0) is 48.0 Å². The molecule has 0 amide bonds. The molecule has 0 aromatic rings. The van der Waals surface area contributed by atoms with Crippen LogP contribution in [0.25, 0.3) is 0 Å². The van der Waals surface area contributed by atoms with E-state index < -0.39 is 0 Å². The van der Waals surface area contributed by atoms with Crippen LogP contribution in [0.2, 0.25) is 0 Å². The van der Waals surface area contributed by atoms with Crippen LogP contribution in [0.1, 0.15) is 48.0 Å². The molecule has 0 saturated carbocycles. The highest BCUT2D eigenvalue weighted by Crippen LogP contribution is 2.39. The molecule has 4 nitrogen and oxygen atoms in total. The molecule has 2 rings (SSSR count). The maximum atomic E-state index is 5.80. The monoisotopic (exact) mass is 312 g/mol. The third-order valence-corrected chi connectivity index (χ3v) is 4.33. The summed E-state index contributed by atoms with van der Waals surface area (Å²) in [5.74, 6) is 0. The van der Waals surface area contributed by atoms with Crippen molar-refractivity contribution in [3.05, 3.63) is 0 Å². The second kappa shape index (κ2) is 6.76. The van der Waals surface area contributed by atoms with E-state index in [0.29, 0.717) is 5.41 Å². The molecule has 130 valence electrons. The van der Waals surface area contributed by atoms with Crippen LogP contribution in [0.5, 0.6) is 0 Å². The van der Waals surface area contributed by atoms with E-state index in [-0.39, 0.29) is 11.2 Å². The summed E-state index contributed by atoms with van der Waals surface area (Å²) >= 11 is 0. The average Bonchev–Trinajstić information content (AvgIpc) is 2.23. The van der Waals surface area contributed by atoms with Crippen LogP contribution in [-0.2, 0) is 9.47 Å². The fraction of sp³-hybridized carbons (Fsp3) is 1.00. The molecule has 1 spiro atoms. The quantitative estimate of drug-likeness (QED) is 0.675. The van der Waals surface area contributed by atoms with Crippen LogP contribution < -0.4 is 0 Å². The van der Waals surface area contributed by atoms with Crippen molar-refractivity contribution in [1.29, 1.82) is 0 Å². The molecule has 2 saturated heterocycles. The molecule has 0 atom stereocenters. The molecule has 0 aromatic heterocycles. The van der Waals surface area contributed by atoms with Crippen molar-refractivity contribution >= 4 is 0 Å². The van der Waals surface area contributed by atoms with Crippen LogP contribution in [0.3, 0.4) is 0 Å². The molecule has 22 heavy (non-hydrogen) atoms. The predicted octanol–water partition coefficient (Wildman–Crippen LogP) is 2.62. The summed E-state index contributed by atoms with van der Waals surface area (Å²) in [7, 11) is 0. The van der Waals surface area contributed by atoms with E-state index >= 15 is 0 Å². The number of nitrogens with zero attached hydrogens (tertiary/aromatic N) is 2. The molecular formula is C18H36N2O2. The van der Waals surface area contributed by atoms with Gasteiger partial charge in [-0.1, -0.05) is 0 Å². The first-order valence-corrected chi connectivity index (χ1v) is 8.80. The third kappa shape index (κ3) is 5.80. The molecule has 0 radical (unpaired) electrons.